The van der Waals surface area contributed by atoms with E-state index in [1.54, 1.807) is 0 Å². The van der Waals surface area contributed by atoms with E-state index in [4.69, 9.17) is 4.74 Å². The first-order chi connectivity index (χ1) is 9.37. The second-order valence-electron chi connectivity index (χ2n) is 7.87. The molecule has 2 nitrogen and oxygen atoms in total. The first-order valence-electron chi connectivity index (χ1n) is 8.61. The molecule has 2 fully saturated rings. The summed E-state index contributed by atoms with van der Waals surface area (Å²) in [6.07, 6.45) is 12.1. The Labute approximate surface area is 124 Å². The van der Waals surface area contributed by atoms with Gasteiger partial charge in [0.05, 0.1) is 5.41 Å². The van der Waals surface area contributed by atoms with Crippen LogP contribution in [0.5, 0.6) is 0 Å². The Morgan fingerprint density at radius 2 is 1.55 bits per heavy atom. The highest BCUT2D eigenvalue weighted by molar-refractivity contribution is 5.76. The van der Waals surface area contributed by atoms with Crippen molar-refractivity contribution in [1.82, 2.24) is 0 Å². The summed E-state index contributed by atoms with van der Waals surface area (Å²) in [6, 6.07) is 0. The monoisotopic (exact) mass is 280 g/mol. The SMILES string of the molecule is CCC1(OC(=O)C(C)(C)CC)CCC2(CCCC2)CC1. The third-order valence-corrected chi connectivity index (χ3v) is 6.28. The van der Waals surface area contributed by atoms with Gasteiger partial charge in [0.1, 0.15) is 5.60 Å². The van der Waals surface area contributed by atoms with Crippen LogP contribution in [-0.4, -0.2) is 11.6 Å². The fourth-order valence-electron chi connectivity index (χ4n) is 3.87. The minimum Gasteiger partial charge on any atom is -0.459 e. The molecule has 2 rings (SSSR count). The molecule has 2 saturated carbocycles. The molecule has 1 spiro atoms. The van der Waals surface area contributed by atoms with Crippen molar-refractivity contribution in [3.63, 3.8) is 0 Å². The van der Waals surface area contributed by atoms with E-state index in [2.05, 4.69) is 13.8 Å². The van der Waals surface area contributed by atoms with Crippen LogP contribution >= 0.6 is 0 Å². The van der Waals surface area contributed by atoms with E-state index in [1.165, 1.54) is 38.5 Å². The molecule has 0 unspecified atom stereocenters. The third kappa shape index (κ3) is 3.04. The number of esters is 1. The zero-order valence-corrected chi connectivity index (χ0v) is 13.9. The summed E-state index contributed by atoms with van der Waals surface area (Å²) < 4.78 is 6.05. The van der Waals surface area contributed by atoms with E-state index in [0.29, 0.717) is 5.41 Å². The van der Waals surface area contributed by atoms with Crippen LogP contribution in [0, 0.1) is 10.8 Å². The van der Waals surface area contributed by atoms with Crippen LogP contribution in [0.2, 0.25) is 0 Å². The van der Waals surface area contributed by atoms with Crippen LogP contribution in [0.25, 0.3) is 0 Å². The molecular formula is C18H32O2. The number of carbonyl (C=O) groups is 1. The molecule has 0 aromatic rings. The van der Waals surface area contributed by atoms with Crippen molar-refractivity contribution in [2.24, 2.45) is 10.8 Å². The minimum atomic E-state index is -0.343. The highest BCUT2D eigenvalue weighted by atomic mass is 16.6. The fourth-order valence-corrected chi connectivity index (χ4v) is 3.87. The molecule has 2 heteroatoms. The van der Waals surface area contributed by atoms with Gasteiger partial charge in [-0.25, -0.2) is 0 Å². The third-order valence-electron chi connectivity index (χ3n) is 6.28. The highest BCUT2D eigenvalue weighted by Gasteiger charge is 2.46. The van der Waals surface area contributed by atoms with E-state index in [-0.39, 0.29) is 17.0 Å². The molecule has 0 aromatic carbocycles. The largest absolute Gasteiger partial charge is 0.459 e. The summed E-state index contributed by atoms with van der Waals surface area (Å²) in [4.78, 5) is 12.4. The van der Waals surface area contributed by atoms with Gasteiger partial charge in [0, 0.05) is 0 Å². The quantitative estimate of drug-likeness (QED) is 0.657. The van der Waals surface area contributed by atoms with Crippen molar-refractivity contribution in [1.29, 1.82) is 0 Å². The summed E-state index contributed by atoms with van der Waals surface area (Å²) in [5, 5.41) is 0. The number of rotatable bonds is 4. The Bertz CT molecular complexity index is 340. The normalized spacial score (nSPS) is 24.8. The van der Waals surface area contributed by atoms with Crippen LogP contribution in [-0.2, 0) is 9.53 Å². The summed E-state index contributed by atoms with van der Waals surface area (Å²) in [5.41, 5.74) is 0.0907. The summed E-state index contributed by atoms with van der Waals surface area (Å²) in [6.45, 7) is 8.24. The van der Waals surface area contributed by atoms with E-state index < -0.39 is 0 Å². The van der Waals surface area contributed by atoms with Crippen molar-refractivity contribution in [2.75, 3.05) is 0 Å². The van der Waals surface area contributed by atoms with E-state index in [1.807, 2.05) is 13.8 Å². The number of hydrogen-bond acceptors (Lipinski definition) is 2. The van der Waals surface area contributed by atoms with Crippen LogP contribution in [0.4, 0.5) is 0 Å². The smallest absolute Gasteiger partial charge is 0.312 e. The average Bonchev–Trinajstić information content (AvgIpc) is 2.90. The molecule has 0 bridgehead atoms. The van der Waals surface area contributed by atoms with Gasteiger partial charge in [-0.05, 0) is 70.6 Å². The first-order valence-corrected chi connectivity index (χ1v) is 8.61. The van der Waals surface area contributed by atoms with Gasteiger partial charge < -0.3 is 4.74 Å². The number of hydrogen-bond donors (Lipinski definition) is 0. The van der Waals surface area contributed by atoms with Crippen LogP contribution in [0.3, 0.4) is 0 Å². The Kier molecular flexibility index (Phi) is 4.51. The minimum absolute atomic E-state index is 0.00391. The molecule has 2 aliphatic rings. The Hall–Kier alpha value is -0.530. The van der Waals surface area contributed by atoms with Gasteiger partial charge in [-0.3, -0.25) is 4.79 Å². The van der Waals surface area contributed by atoms with Crippen LogP contribution in [0.1, 0.15) is 91.9 Å². The summed E-state index contributed by atoms with van der Waals surface area (Å²) in [7, 11) is 0. The van der Waals surface area contributed by atoms with Gasteiger partial charge in [0.2, 0.25) is 0 Å². The molecule has 0 radical (unpaired) electrons. The second kappa shape index (κ2) is 5.69. The Morgan fingerprint density at radius 1 is 1.00 bits per heavy atom. The van der Waals surface area contributed by atoms with Crippen LogP contribution < -0.4 is 0 Å². The molecule has 0 amide bonds. The number of carbonyl (C=O) groups excluding carboxylic acids is 1. The fraction of sp³-hybridized carbons (Fsp3) is 0.944. The molecule has 116 valence electrons. The van der Waals surface area contributed by atoms with Gasteiger partial charge in [-0.1, -0.05) is 26.7 Å². The highest BCUT2D eigenvalue weighted by Crippen LogP contribution is 2.53. The number of ether oxygens (including phenoxy) is 1. The lowest BCUT2D eigenvalue weighted by atomic mass is 9.67. The summed E-state index contributed by atoms with van der Waals surface area (Å²) >= 11 is 0. The molecule has 0 aliphatic heterocycles. The van der Waals surface area contributed by atoms with Crippen LogP contribution in [0.15, 0.2) is 0 Å². The van der Waals surface area contributed by atoms with Gasteiger partial charge in [0.25, 0.3) is 0 Å². The van der Waals surface area contributed by atoms with E-state index in [9.17, 15) is 4.79 Å². The molecule has 0 atom stereocenters. The molecular weight excluding hydrogens is 248 g/mol. The Balaban J connectivity index is 2.00. The van der Waals surface area contributed by atoms with Gasteiger partial charge in [-0.15, -0.1) is 0 Å². The lowest BCUT2D eigenvalue weighted by molar-refractivity contribution is -0.177. The average molecular weight is 280 g/mol. The van der Waals surface area contributed by atoms with Gasteiger partial charge in [-0.2, -0.15) is 0 Å². The first kappa shape index (κ1) is 15.9. The van der Waals surface area contributed by atoms with Crippen molar-refractivity contribution < 1.29 is 9.53 Å². The molecule has 0 heterocycles. The molecule has 0 N–H and O–H groups in total. The molecule has 20 heavy (non-hydrogen) atoms. The summed E-state index contributed by atoms with van der Waals surface area (Å²) in [5.74, 6) is 0.00391. The lowest BCUT2D eigenvalue weighted by Gasteiger charge is -2.45. The standard InChI is InChI=1S/C18H32O2/c1-5-16(3,4)15(19)20-18(6-2)13-11-17(12-14-18)9-7-8-10-17/h5-14H2,1-4H3. The maximum absolute atomic E-state index is 12.4. The van der Waals surface area contributed by atoms with Crippen molar-refractivity contribution in [3.05, 3.63) is 0 Å². The second-order valence-corrected chi connectivity index (χ2v) is 7.87. The van der Waals surface area contributed by atoms with Crippen molar-refractivity contribution in [3.8, 4) is 0 Å². The zero-order chi connectivity index (χ0) is 14.9. The Morgan fingerprint density at radius 3 is 2.00 bits per heavy atom. The predicted molar refractivity (Wildman–Crippen MR) is 82.6 cm³/mol. The van der Waals surface area contributed by atoms with Crippen molar-refractivity contribution in [2.45, 2.75) is 97.5 Å². The molecule has 0 aromatic heterocycles. The topological polar surface area (TPSA) is 26.3 Å². The predicted octanol–water partition coefficient (Wildman–Crippen LogP) is 5.25. The van der Waals surface area contributed by atoms with Gasteiger partial charge >= 0.3 is 5.97 Å². The maximum Gasteiger partial charge on any atom is 0.312 e. The molecule has 0 saturated heterocycles. The maximum atomic E-state index is 12.4. The lowest BCUT2D eigenvalue weighted by Crippen LogP contribution is -2.44. The van der Waals surface area contributed by atoms with E-state index in [0.717, 1.165) is 25.7 Å². The van der Waals surface area contributed by atoms with Gasteiger partial charge in [0.15, 0.2) is 0 Å². The van der Waals surface area contributed by atoms with Crippen molar-refractivity contribution >= 4 is 5.97 Å². The van der Waals surface area contributed by atoms with E-state index >= 15 is 0 Å². The zero-order valence-electron chi connectivity index (χ0n) is 13.9. The molecule has 2 aliphatic carbocycles.